The third-order valence-corrected chi connectivity index (χ3v) is 13.7. The van der Waals surface area contributed by atoms with E-state index in [1.54, 1.807) is 25.7 Å². The maximum atomic E-state index is 12.6. The summed E-state index contributed by atoms with van der Waals surface area (Å²) >= 11 is -1.63. The Morgan fingerprint density at radius 3 is 2.30 bits per heavy atom. The molecule has 6 nitrogen and oxygen atoms in total. The molecule has 0 aromatic heterocycles. The Labute approximate surface area is 170 Å². The van der Waals surface area contributed by atoms with Gasteiger partial charge in [-0.05, 0) is 0 Å². The summed E-state index contributed by atoms with van der Waals surface area (Å²) in [5.41, 5.74) is 0.643. The SMILES string of the molecule is CCOC(=O)C(Cc1cc(OC)c(OC)c[c]1[Hg][S]C)NC(=O)C(F)(F)F. The summed E-state index contributed by atoms with van der Waals surface area (Å²) < 4.78 is 54.2. The zero-order valence-corrected chi connectivity index (χ0v) is 21.8. The molecule has 0 aliphatic heterocycles. The number of benzene rings is 1. The Bertz CT molecular complexity index is 672. The Morgan fingerprint density at radius 2 is 1.81 bits per heavy atom. The van der Waals surface area contributed by atoms with E-state index < -0.39 is 47.2 Å². The van der Waals surface area contributed by atoms with Crippen LogP contribution >= 0.6 is 8.24 Å². The molecular formula is C16H20F3HgNO5S. The van der Waals surface area contributed by atoms with Crippen LogP contribution in [0.4, 0.5) is 13.2 Å². The molecule has 0 heterocycles. The molecule has 0 saturated heterocycles. The van der Waals surface area contributed by atoms with E-state index in [4.69, 9.17) is 14.2 Å². The van der Waals surface area contributed by atoms with Gasteiger partial charge in [0.1, 0.15) is 0 Å². The quantitative estimate of drug-likeness (QED) is 0.347. The molecular weight excluding hydrogens is 576 g/mol. The van der Waals surface area contributed by atoms with Gasteiger partial charge in [-0.1, -0.05) is 0 Å². The first-order valence-corrected chi connectivity index (χ1v) is 18.8. The molecule has 0 saturated carbocycles. The molecule has 0 aliphatic carbocycles. The fourth-order valence-corrected chi connectivity index (χ4v) is 11.4. The second-order valence-corrected chi connectivity index (χ2v) is 19.3. The van der Waals surface area contributed by atoms with Crippen LogP contribution in [0.15, 0.2) is 12.1 Å². The molecule has 1 aromatic rings. The molecule has 1 unspecified atom stereocenters. The van der Waals surface area contributed by atoms with Crippen molar-refractivity contribution in [2.24, 2.45) is 0 Å². The minimum absolute atomic E-state index is 0.0131. The molecule has 27 heavy (non-hydrogen) atoms. The number of amides is 1. The molecule has 148 valence electrons. The number of halogens is 3. The van der Waals surface area contributed by atoms with Crippen molar-refractivity contribution < 1.29 is 60.0 Å². The second-order valence-electron chi connectivity index (χ2n) is 5.39. The molecule has 0 bridgehead atoms. The number of esters is 1. The van der Waals surface area contributed by atoms with Crippen LogP contribution in [0.3, 0.4) is 0 Å². The maximum absolute atomic E-state index is 12.6. The van der Waals surface area contributed by atoms with Crippen LogP contribution in [-0.4, -0.2) is 51.2 Å². The molecule has 1 rings (SSSR count). The number of carbonyl (C=O) groups excluding carboxylic acids is 2. The summed E-state index contributed by atoms with van der Waals surface area (Å²) in [7, 11) is 4.64. The fraction of sp³-hybridized carbons (Fsp3) is 0.500. The van der Waals surface area contributed by atoms with E-state index in [2.05, 4.69) is 0 Å². The van der Waals surface area contributed by atoms with Crippen LogP contribution in [0.2, 0.25) is 0 Å². The zero-order valence-electron chi connectivity index (χ0n) is 15.4. The van der Waals surface area contributed by atoms with Crippen molar-refractivity contribution in [3.63, 3.8) is 0 Å². The van der Waals surface area contributed by atoms with Gasteiger partial charge in [0.05, 0.1) is 0 Å². The van der Waals surface area contributed by atoms with Crippen molar-refractivity contribution in [2.75, 3.05) is 27.1 Å². The van der Waals surface area contributed by atoms with Gasteiger partial charge in [0.15, 0.2) is 0 Å². The third kappa shape index (κ3) is 7.06. The van der Waals surface area contributed by atoms with Crippen molar-refractivity contribution in [3.8, 4) is 11.5 Å². The van der Waals surface area contributed by atoms with Gasteiger partial charge in [0.25, 0.3) is 0 Å². The number of hydrogen-bond donors (Lipinski definition) is 1. The number of carbonyl (C=O) groups is 2. The average molecular weight is 596 g/mol. The van der Waals surface area contributed by atoms with Crippen LogP contribution in [0, 0.1) is 0 Å². The van der Waals surface area contributed by atoms with Crippen molar-refractivity contribution in [3.05, 3.63) is 17.7 Å². The Kier molecular flexibility index (Phi) is 9.71. The Balaban J connectivity index is 3.25. The second kappa shape index (κ2) is 11.0. The number of rotatable bonds is 9. The van der Waals surface area contributed by atoms with E-state index in [0.717, 1.165) is 3.07 Å². The number of methoxy groups -OCH3 is 2. The van der Waals surface area contributed by atoms with Gasteiger partial charge in [-0.2, -0.15) is 0 Å². The van der Waals surface area contributed by atoms with Gasteiger partial charge in [-0.25, -0.2) is 0 Å². The van der Waals surface area contributed by atoms with Crippen LogP contribution in [-0.2, 0) is 43.8 Å². The van der Waals surface area contributed by atoms with Gasteiger partial charge >= 0.3 is 170 Å². The van der Waals surface area contributed by atoms with Crippen molar-refractivity contribution in [2.45, 2.75) is 25.6 Å². The molecule has 0 radical (unpaired) electrons. The summed E-state index contributed by atoms with van der Waals surface area (Å²) in [5.74, 6) is -2.19. The number of nitrogens with one attached hydrogen (secondary N) is 1. The number of alkyl halides is 3. The predicted octanol–water partition coefficient (Wildman–Crippen LogP) is 1.84. The van der Waals surface area contributed by atoms with Crippen molar-refractivity contribution >= 4 is 23.2 Å². The molecule has 1 atom stereocenters. The van der Waals surface area contributed by atoms with E-state index in [0.29, 0.717) is 17.1 Å². The summed E-state index contributed by atoms with van der Waals surface area (Å²) in [5, 5.41) is 1.73. The van der Waals surface area contributed by atoms with Crippen LogP contribution < -0.4 is 17.9 Å². The standard InChI is InChI=1S/C15H17F3NO5.CH4S.Hg/c1-4-24-13(20)10(19-14(21)15(16,17)18)7-9-5-6-11(22-2)12(8-9)23-3;1-2;/h6,8,10H,4,7H2,1-3H3,(H,19,21);2H,1H3;/q;;+1/p-1. The molecule has 0 aliphatic rings. The molecule has 1 N–H and O–H groups in total. The average Bonchev–Trinajstić information content (AvgIpc) is 2.61. The topological polar surface area (TPSA) is 73.9 Å². The normalized spacial score (nSPS) is 12.0. The summed E-state index contributed by atoms with van der Waals surface area (Å²) in [6.07, 6.45) is -3.27. The van der Waals surface area contributed by atoms with Gasteiger partial charge in [0.2, 0.25) is 0 Å². The van der Waals surface area contributed by atoms with E-state index in [-0.39, 0.29) is 13.0 Å². The molecule has 1 amide bonds. The minimum atomic E-state index is -5.09. The van der Waals surface area contributed by atoms with E-state index in [1.165, 1.54) is 21.1 Å². The summed E-state index contributed by atoms with van der Waals surface area (Å²) in [6.45, 7) is 1.52. The van der Waals surface area contributed by atoms with Crippen LogP contribution in [0.5, 0.6) is 11.5 Å². The molecule has 1 aromatic carbocycles. The zero-order chi connectivity index (χ0) is 20.6. The molecule has 0 fully saturated rings. The number of hydrogen-bond acceptors (Lipinski definition) is 6. The predicted molar refractivity (Wildman–Crippen MR) is 91.0 cm³/mol. The van der Waals surface area contributed by atoms with Gasteiger partial charge < -0.3 is 0 Å². The fourth-order valence-electron chi connectivity index (χ4n) is 2.34. The van der Waals surface area contributed by atoms with Crippen molar-refractivity contribution in [1.29, 1.82) is 0 Å². The first-order valence-electron chi connectivity index (χ1n) is 7.94. The molecule has 0 spiro atoms. The van der Waals surface area contributed by atoms with Crippen LogP contribution in [0.25, 0.3) is 0 Å². The van der Waals surface area contributed by atoms with Crippen molar-refractivity contribution in [1.82, 2.24) is 5.32 Å². The summed E-state index contributed by atoms with van der Waals surface area (Å²) in [6, 6.07) is 1.97. The number of ether oxygens (including phenoxy) is 3. The Morgan fingerprint density at radius 1 is 1.22 bits per heavy atom. The Hall–Kier alpha value is -1.16. The van der Waals surface area contributed by atoms with Gasteiger partial charge in [-0.3, -0.25) is 0 Å². The van der Waals surface area contributed by atoms with E-state index >= 15 is 0 Å². The summed E-state index contributed by atoms with van der Waals surface area (Å²) in [4.78, 5) is 23.4. The monoisotopic (exact) mass is 597 g/mol. The first kappa shape index (κ1) is 23.9. The van der Waals surface area contributed by atoms with Gasteiger partial charge in [0, 0.05) is 0 Å². The van der Waals surface area contributed by atoms with E-state index in [9.17, 15) is 22.8 Å². The third-order valence-electron chi connectivity index (χ3n) is 3.56. The van der Waals surface area contributed by atoms with Gasteiger partial charge in [-0.15, -0.1) is 0 Å². The molecule has 11 heteroatoms. The van der Waals surface area contributed by atoms with E-state index in [1.807, 2.05) is 6.26 Å². The first-order chi connectivity index (χ1) is 12.7. The van der Waals surface area contributed by atoms with Crippen LogP contribution in [0.1, 0.15) is 12.5 Å².